The lowest BCUT2D eigenvalue weighted by atomic mass is 9.92. The van der Waals surface area contributed by atoms with Gasteiger partial charge in [0.05, 0.1) is 0 Å². The first-order valence-electron chi connectivity index (χ1n) is 9.05. The molecule has 1 aromatic rings. The third-order valence-corrected chi connectivity index (χ3v) is 4.27. The molecule has 1 N–H and O–H groups in total. The van der Waals surface area contributed by atoms with Crippen molar-refractivity contribution in [3.63, 3.8) is 0 Å². The molecule has 0 amide bonds. The molecule has 1 unspecified atom stereocenters. The molecule has 1 nitrogen and oxygen atoms in total. The van der Waals surface area contributed by atoms with E-state index in [0.29, 0.717) is 5.92 Å². The summed E-state index contributed by atoms with van der Waals surface area (Å²) >= 11 is 0. The van der Waals surface area contributed by atoms with E-state index in [1.165, 1.54) is 62.5 Å². The quantitative estimate of drug-likeness (QED) is 0.477. The lowest BCUT2D eigenvalue weighted by Gasteiger charge is -2.18. The fourth-order valence-corrected chi connectivity index (χ4v) is 2.85. The number of aryl methyl sites for hydroxylation is 1. The van der Waals surface area contributed by atoms with Crippen LogP contribution in [0.1, 0.15) is 82.3 Å². The third-order valence-electron chi connectivity index (χ3n) is 4.27. The lowest BCUT2D eigenvalue weighted by Crippen LogP contribution is -2.22. The van der Waals surface area contributed by atoms with Crippen molar-refractivity contribution < 1.29 is 0 Å². The Balaban J connectivity index is 2.39. The topological polar surface area (TPSA) is 12.0 Å². The van der Waals surface area contributed by atoms with Crippen molar-refractivity contribution in [3.05, 3.63) is 35.4 Å². The van der Waals surface area contributed by atoms with Crippen molar-refractivity contribution in [1.82, 2.24) is 5.32 Å². The van der Waals surface area contributed by atoms with Crippen LogP contribution in [0.2, 0.25) is 0 Å². The Bertz CT molecular complexity index is 341. The van der Waals surface area contributed by atoms with Crippen molar-refractivity contribution in [1.29, 1.82) is 0 Å². The summed E-state index contributed by atoms with van der Waals surface area (Å²) in [5.74, 6) is 0.684. The zero-order valence-corrected chi connectivity index (χ0v) is 14.5. The maximum absolute atomic E-state index is 3.61. The molecule has 0 saturated carbocycles. The van der Waals surface area contributed by atoms with Crippen LogP contribution in [0.15, 0.2) is 24.3 Å². The van der Waals surface area contributed by atoms with Crippen LogP contribution >= 0.6 is 0 Å². The first-order valence-corrected chi connectivity index (χ1v) is 9.05. The Hall–Kier alpha value is -0.820. The van der Waals surface area contributed by atoms with E-state index in [4.69, 9.17) is 0 Å². The average molecular weight is 290 g/mol. The number of hydrogen-bond donors (Lipinski definition) is 1. The van der Waals surface area contributed by atoms with Gasteiger partial charge in [-0.3, -0.25) is 0 Å². The van der Waals surface area contributed by atoms with E-state index in [0.717, 1.165) is 13.1 Å². The Morgan fingerprint density at radius 3 is 2.19 bits per heavy atom. The van der Waals surface area contributed by atoms with Gasteiger partial charge >= 0.3 is 0 Å². The molecule has 0 aliphatic heterocycles. The molecule has 1 rings (SSSR count). The van der Waals surface area contributed by atoms with Crippen LogP contribution in [0.5, 0.6) is 0 Å². The van der Waals surface area contributed by atoms with Gasteiger partial charge in [0.1, 0.15) is 0 Å². The van der Waals surface area contributed by atoms with Gasteiger partial charge in [-0.25, -0.2) is 0 Å². The summed E-state index contributed by atoms with van der Waals surface area (Å²) in [6.45, 7) is 8.96. The molecule has 0 aliphatic carbocycles. The molecule has 0 spiro atoms. The van der Waals surface area contributed by atoms with Gasteiger partial charge in [0, 0.05) is 6.54 Å². The molecule has 0 radical (unpaired) electrons. The largest absolute Gasteiger partial charge is 0.316 e. The molecule has 1 aromatic carbocycles. The van der Waals surface area contributed by atoms with Gasteiger partial charge < -0.3 is 5.32 Å². The minimum Gasteiger partial charge on any atom is -0.316 e. The van der Waals surface area contributed by atoms with Gasteiger partial charge in [-0.1, -0.05) is 82.2 Å². The van der Waals surface area contributed by atoms with E-state index in [1.54, 1.807) is 0 Å². The maximum atomic E-state index is 3.61. The van der Waals surface area contributed by atoms with Gasteiger partial charge in [0.25, 0.3) is 0 Å². The predicted molar refractivity (Wildman–Crippen MR) is 95.1 cm³/mol. The summed E-state index contributed by atoms with van der Waals surface area (Å²) < 4.78 is 0. The van der Waals surface area contributed by atoms with E-state index < -0.39 is 0 Å². The van der Waals surface area contributed by atoms with Crippen LogP contribution in [0.4, 0.5) is 0 Å². The number of rotatable bonds is 12. The van der Waals surface area contributed by atoms with Gasteiger partial charge in [0.2, 0.25) is 0 Å². The SMILES string of the molecule is CCCCCCCCC(CNCCC)c1ccc(C)cc1. The van der Waals surface area contributed by atoms with Crippen LogP contribution in [-0.4, -0.2) is 13.1 Å². The zero-order chi connectivity index (χ0) is 15.3. The van der Waals surface area contributed by atoms with Crippen LogP contribution in [0, 0.1) is 6.92 Å². The van der Waals surface area contributed by atoms with Crippen molar-refractivity contribution in [2.45, 2.75) is 78.1 Å². The monoisotopic (exact) mass is 289 g/mol. The van der Waals surface area contributed by atoms with E-state index in [1.807, 2.05) is 0 Å². The summed E-state index contributed by atoms with van der Waals surface area (Å²) in [4.78, 5) is 0. The molecular formula is C20H35N. The van der Waals surface area contributed by atoms with E-state index in [9.17, 15) is 0 Å². The van der Waals surface area contributed by atoms with Gasteiger partial charge in [-0.15, -0.1) is 0 Å². The third kappa shape index (κ3) is 8.26. The minimum absolute atomic E-state index is 0.684. The van der Waals surface area contributed by atoms with E-state index in [-0.39, 0.29) is 0 Å². The Morgan fingerprint density at radius 1 is 0.857 bits per heavy atom. The standard InChI is InChI=1S/C20H35N/c1-4-6-7-8-9-10-11-20(17-21-16-5-2)19-14-12-18(3)13-15-19/h12-15,20-21H,4-11,16-17H2,1-3H3. The maximum Gasteiger partial charge on any atom is 0.00201 e. The second-order valence-corrected chi connectivity index (χ2v) is 6.37. The molecule has 0 aromatic heterocycles. The Labute approximate surface area is 132 Å². The molecule has 0 bridgehead atoms. The zero-order valence-electron chi connectivity index (χ0n) is 14.5. The second-order valence-electron chi connectivity index (χ2n) is 6.37. The van der Waals surface area contributed by atoms with Gasteiger partial charge in [0.15, 0.2) is 0 Å². The van der Waals surface area contributed by atoms with Crippen LogP contribution < -0.4 is 5.32 Å². The van der Waals surface area contributed by atoms with Crippen LogP contribution in [0.25, 0.3) is 0 Å². The first-order chi connectivity index (χ1) is 10.3. The molecule has 21 heavy (non-hydrogen) atoms. The number of unbranched alkanes of at least 4 members (excludes halogenated alkanes) is 5. The second kappa shape index (κ2) is 11.8. The van der Waals surface area contributed by atoms with Crippen LogP contribution in [-0.2, 0) is 0 Å². The first kappa shape index (κ1) is 18.2. The highest BCUT2D eigenvalue weighted by Crippen LogP contribution is 2.23. The van der Waals surface area contributed by atoms with E-state index >= 15 is 0 Å². The molecule has 1 heteroatoms. The highest BCUT2D eigenvalue weighted by molar-refractivity contribution is 5.24. The van der Waals surface area contributed by atoms with Crippen molar-refractivity contribution in [2.75, 3.05) is 13.1 Å². The molecule has 0 aliphatic rings. The molecule has 1 atom stereocenters. The minimum atomic E-state index is 0.684. The summed E-state index contributed by atoms with van der Waals surface area (Å²) in [5.41, 5.74) is 2.87. The molecule has 0 heterocycles. The number of hydrogen-bond acceptors (Lipinski definition) is 1. The summed E-state index contributed by atoms with van der Waals surface area (Å²) in [6.07, 6.45) is 10.9. The summed E-state index contributed by atoms with van der Waals surface area (Å²) in [5, 5.41) is 3.61. The van der Waals surface area contributed by atoms with Gasteiger partial charge in [-0.2, -0.15) is 0 Å². The highest BCUT2D eigenvalue weighted by Gasteiger charge is 2.10. The summed E-state index contributed by atoms with van der Waals surface area (Å²) in [7, 11) is 0. The average Bonchev–Trinajstić information content (AvgIpc) is 2.50. The summed E-state index contributed by atoms with van der Waals surface area (Å²) in [6, 6.07) is 9.15. The van der Waals surface area contributed by atoms with Crippen molar-refractivity contribution in [2.24, 2.45) is 0 Å². The smallest absolute Gasteiger partial charge is 0.00201 e. The fourth-order valence-electron chi connectivity index (χ4n) is 2.85. The van der Waals surface area contributed by atoms with Crippen molar-refractivity contribution >= 4 is 0 Å². The molecular weight excluding hydrogens is 254 g/mol. The van der Waals surface area contributed by atoms with Gasteiger partial charge in [-0.05, 0) is 37.8 Å². The predicted octanol–water partition coefficient (Wildman–Crippen LogP) is 5.83. The van der Waals surface area contributed by atoms with Crippen LogP contribution in [0.3, 0.4) is 0 Å². The lowest BCUT2D eigenvalue weighted by molar-refractivity contribution is 0.506. The number of benzene rings is 1. The van der Waals surface area contributed by atoms with E-state index in [2.05, 4.69) is 50.4 Å². The molecule has 0 fully saturated rings. The fraction of sp³-hybridized carbons (Fsp3) is 0.700. The Kier molecular flexibility index (Phi) is 10.2. The Morgan fingerprint density at radius 2 is 1.52 bits per heavy atom. The highest BCUT2D eigenvalue weighted by atomic mass is 14.8. The molecule has 0 saturated heterocycles. The number of nitrogens with one attached hydrogen (secondary N) is 1. The molecule has 120 valence electrons. The normalized spacial score (nSPS) is 12.5. The van der Waals surface area contributed by atoms with Crippen molar-refractivity contribution in [3.8, 4) is 0 Å².